The molecule has 3 nitrogen and oxygen atoms in total. The average Bonchev–Trinajstić information content (AvgIpc) is 2.91. The van der Waals surface area contributed by atoms with Gasteiger partial charge in [0.2, 0.25) is 0 Å². The number of nitrogens with one attached hydrogen (secondary N) is 1. The molecular weight excluding hydrogens is 242 g/mol. The first-order chi connectivity index (χ1) is 8.84. The zero-order chi connectivity index (χ0) is 12.4. The summed E-state index contributed by atoms with van der Waals surface area (Å²) in [6, 6.07) is 8.01. The van der Waals surface area contributed by atoms with Crippen molar-refractivity contribution < 1.29 is 0 Å². The molecule has 1 atom stereocenters. The number of thioether (sulfide) groups is 1. The lowest BCUT2D eigenvalue weighted by Gasteiger charge is -2.14. The molecule has 1 aliphatic rings. The van der Waals surface area contributed by atoms with Gasteiger partial charge in [-0.25, -0.2) is 0 Å². The number of fused-ring (bicyclic) bond motifs is 1. The number of rotatable bonds is 3. The summed E-state index contributed by atoms with van der Waals surface area (Å²) in [4.78, 5) is 4.31. The SMILES string of the molecule is Nc1c(NCC2CCSC2)ccc2ncccc12. The third-order valence-electron chi connectivity index (χ3n) is 3.43. The Morgan fingerprint density at radius 2 is 2.33 bits per heavy atom. The van der Waals surface area contributed by atoms with Gasteiger partial charge in [0.25, 0.3) is 0 Å². The van der Waals surface area contributed by atoms with Gasteiger partial charge in [0.15, 0.2) is 0 Å². The van der Waals surface area contributed by atoms with Crippen molar-refractivity contribution in [1.82, 2.24) is 4.98 Å². The maximum Gasteiger partial charge on any atom is 0.0724 e. The zero-order valence-electron chi connectivity index (χ0n) is 10.2. The van der Waals surface area contributed by atoms with Gasteiger partial charge in [0.1, 0.15) is 0 Å². The molecule has 1 unspecified atom stereocenters. The number of nitrogens with zero attached hydrogens (tertiary/aromatic N) is 1. The Kier molecular flexibility index (Phi) is 3.28. The molecule has 1 saturated heterocycles. The molecule has 1 aromatic heterocycles. The quantitative estimate of drug-likeness (QED) is 0.832. The molecule has 2 aromatic rings. The van der Waals surface area contributed by atoms with E-state index in [1.165, 1.54) is 17.9 Å². The zero-order valence-corrected chi connectivity index (χ0v) is 11.0. The highest BCUT2D eigenvalue weighted by Crippen LogP contribution is 2.29. The van der Waals surface area contributed by atoms with Gasteiger partial charge in [-0.15, -0.1) is 0 Å². The summed E-state index contributed by atoms with van der Waals surface area (Å²) < 4.78 is 0. The molecule has 0 aliphatic carbocycles. The number of benzene rings is 1. The minimum Gasteiger partial charge on any atom is -0.397 e. The van der Waals surface area contributed by atoms with E-state index in [1.54, 1.807) is 6.20 Å². The van der Waals surface area contributed by atoms with Crippen LogP contribution in [0.3, 0.4) is 0 Å². The van der Waals surface area contributed by atoms with Crippen molar-refractivity contribution in [2.45, 2.75) is 6.42 Å². The summed E-state index contributed by atoms with van der Waals surface area (Å²) in [7, 11) is 0. The standard InChI is InChI=1S/C14H17N3S/c15-14-11-2-1-6-16-12(11)3-4-13(14)17-8-10-5-7-18-9-10/h1-4,6,10,17H,5,7-9,15H2. The van der Waals surface area contributed by atoms with Crippen molar-refractivity contribution in [3.63, 3.8) is 0 Å². The third-order valence-corrected chi connectivity index (χ3v) is 4.66. The van der Waals surface area contributed by atoms with Gasteiger partial charge < -0.3 is 11.1 Å². The molecule has 0 radical (unpaired) electrons. The molecule has 1 aromatic carbocycles. The Bertz CT molecular complexity index is 550. The van der Waals surface area contributed by atoms with Crippen LogP contribution in [-0.2, 0) is 0 Å². The van der Waals surface area contributed by atoms with Crippen LogP contribution in [-0.4, -0.2) is 23.0 Å². The van der Waals surface area contributed by atoms with Crippen LogP contribution < -0.4 is 11.1 Å². The first kappa shape index (κ1) is 11.7. The Hall–Kier alpha value is -1.42. The summed E-state index contributed by atoms with van der Waals surface area (Å²) in [5.41, 5.74) is 9.00. The molecule has 0 bridgehead atoms. The maximum atomic E-state index is 6.20. The van der Waals surface area contributed by atoms with E-state index < -0.39 is 0 Å². The summed E-state index contributed by atoms with van der Waals surface area (Å²) in [6.45, 7) is 1.02. The highest BCUT2D eigenvalue weighted by Gasteiger charge is 2.15. The van der Waals surface area contributed by atoms with Crippen LogP contribution in [0.25, 0.3) is 10.9 Å². The van der Waals surface area contributed by atoms with Crippen molar-refractivity contribution in [3.8, 4) is 0 Å². The molecule has 0 amide bonds. The van der Waals surface area contributed by atoms with Crippen LogP contribution >= 0.6 is 11.8 Å². The van der Waals surface area contributed by atoms with E-state index in [2.05, 4.69) is 10.3 Å². The largest absolute Gasteiger partial charge is 0.397 e. The minimum atomic E-state index is 0.777. The summed E-state index contributed by atoms with van der Waals surface area (Å²) in [5, 5.41) is 4.51. The number of hydrogen-bond donors (Lipinski definition) is 2. The van der Waals surface area contributed by atoms with Crippen LogP contribution in [0.4, 0.5) is 11.4 Å². The van der Waals surface area contributed by atoms with Gasteiger partial charge in [-0.2, -0.15) is 11.8 Å². The molecule has 0 saturated carbocycles. The van der Waals surface area contributed by atoms with Crippen molar-refractivity contribution in [1.29, 1.82) is 0 Å². The topological polar surface area (TPSA) is 50.9 Å². The second-order valence-electron chi connectivity index (χ2n) is 4.71. The fraction of sp³-hybridized carbons (Fsp3) is 0.357. The number of nitrogens with two attached hydrogens (primary N) is 1. The lowest BCUT2D eigenvalue weighted by molar-refractivity contribution is 0.632. The molecule has 18 heavy (non-hydrogen) atoms. The van der Waals surface area contributed by atoms with Crippen LogP contribution in [0.15, 0.2) is 30.5 Å². The van der Waals surface area contributed by atoms with E-state index >= 15 is 0 Å². The molecule has 3 N–H and O–H groups in total. The van der Waals surface area contributed by atoms with Crippen molar-refractivity contribution in [3.05, 3.63) is 30.5 Å². The Morgan fingerprint density at radius 1 is 1.39 bits per heavy atom. The highest BCUT2D eigenvalue weighted by molar-refractivity contribution is 7.99. The van der Waals surface area contributed by atoms with E-state index in [0.29, 0.717) is 0 Å². The molecule has 94 valence electrons. The smallest absolute Gasteiger partial charge is 0.0724 e. The fourth-order valence-corrected chi connectivity index (χ4v) is 3.61. The van der Waals surface area contributed by atoms with E-state index in [4.69, 9.17) is 5.73 Å². The normalized spacial score (nSPS) is 19.2. The molecule has 3 rings (SSSR count). The summed E-state index contributed by atoms with van der Waals surface area (Å²) >= 11 is 2.04. The summed E-state index contributed by atoms with van der Waals surface area (Å²) in [6.07, 6.45) is 3.11. The van der Waals surface area contributed by atoms with E-state index in [9.17, 15) is 0 Å². The predicted octanol–water partition coefficient (Wildman–Crippen LogP) is 2.98. The second-order valence-corrected chi connectivity index (χ2v) is 5.86. The Labute approximate surface area is 111 Å². The first-order valence-corrected chi connectivity index (χ1v) is 7.45. The number of hydrogen-bond acceptors (Lipinski definition) is 4. The highest BCUT2D eigenvalue weighted by atomic mass is 32.2. The van der Waals surface area contributed by atoms with Gasteiger partial charge in [-0.3, -0.25) is 4.98 Å². The van der Waals surface area contributed by atoms with Gasteiger partial charge >= 0.3 is 0 Å². The maximum absolute atomic E-state index is 6.20. The number of nitrogen functional groups attached to an aromatic ring is 1. The lowest BCUT2D eigenvalue weighted by Crippen LogP contribution is -2.14. The van der Waals surface area contributed by atoms with E-state index in [0.717, 1.165) is 34.7 Å². The molecule has 1 fully saturated rings. The molecular formula is C14H17N3S. The fourth-order valence-electron chi connectivity index (χ4n) is 2.33. The van der Waals surface area contributed by atoms with Crippen LogP contribution in [0.5, 0.6) is 0 Å². The summed E-state index contributed by atoms with van der Waals surface area (Å²) in [5.74, 6) is 3.34. The average molecular weight is 259 g/mol. The second kappa shape index (κ2) is 5.06. The number of pyridine rings is 1. The first-order valence-electron chi connectivity index (χ1n) is 6.29. The molecule has 4 heteroatoms. The van der Waals surface area contributed by atoms with Crippen molar-refractivity contribution >= 4 is 34.0 Å². The van der Waals surface area contributed by atoms with Crippen LogP contribution in [0.2, 0.25) is 0 Å². The van der Waals surface area contributed by atoms with Gasteiger partial charge in [-0.05, 0) is 48.1 Å². The predicted molar refractivity (Wildman–Crippen MR) is 80.1 cm³/mol. The van der Waals surface area contributed by atoms with E-state index in [1.807, 2.05) is 36.0 Å². The Morgan fingerprint density at radius 3 is 3.17 bits per heavy atom. The van der Waals surface area contributed by atoms with Gasteiger partial charge in [0.05, 0.1) is 16.9 Å². The van der Waals surface area contributed by atoms with E-state index in [-0.39, 0.29) is 0 Å². The number of anilines is 2. The van der Waals surface area contributed by atoms with Crippen LogP contribution in [0.1, 0.15) is 6.42 Å². The Balaban J connectivity index is 1.81. The van der Waals surface area contributed by atoms with Gasteiger partial charge in [0, 0.05) is 18.1 Å². The number of aromatic nitrogens is 1. The molecule has 2 heterocycles. The third kappa shape index (κ3) is 2.25. The monoisotopic (exact) mass is 259 g/mol. The van der Waals surface area contributed by atoms with Crippen molar-refractivity contribution in [2.75, 3.05) is 29.1 Å². The van der Waals surface area contributed by atoms with Crippen molar-refractivity contribution in [2.24, 2.45) is 5.92 Å². The van der Waals surface area contributed by atoms with Crippen LogP contribution in [0, 0.1) is 5.92 Å². The van der Waals surface area contributed by atoms with Gasteiger partial charge in [-0.1, -0.05) is 0 Å². The molecule has 1 aliphatic heterocycles. The molecule has 0 spiro atoms. The lowest BCUT2D eigenvalue weighted by atomic mass is 10.1. The minimum absolute atomic E-state index is 0.777.